The molecule has 0 spiro atoms. The summed E-state index contributed by atoms with van der Waals surface area (Å²) < 4.78 is 17.6. The van der Waals surface area contributed by atoms with Crippen LogP contribution in [0.1, 0.15) is 37.8 Å². The van der Waals surface area contributed by atoms with Crippen LogP contribution in [0, 0.1) is 0 Å². The standard InChI is InChI=1S/C23H24N3O5P/c1-3-23(4-2,32(28,29)30)16-7-9-17(10-8-16)24-14-19-18-12-15(20-6-5-11-31-20)13-25-21(18)26-22(19)27/h5-14,27H,3-4H2,1-2H3,(H,25,26)(H2,28,29,30). The van der Waals surface area contributed by atoms with Gasteiger partial charge in [-0.15, -0.1) is 0 Å². The van der Waals surface area contributed by atoms with Crippen molar-refractivity contribution < 1.29 is 23.9 Å². The molecule has 0 aliphatic carbocycles. The first-order valence-corrected chi connectivity index (χ1v) is 11.8. The predicted molar refractivity (Wildman–Crippen MR) is 123 cm³/mol. The first kappa shape index (κ1) is 22.0. The zero-order valence-corrected chi connectivity index (χ0v) is 18.6. The Morgan fingerprint density at radius 3 is 2.50 bits per heavy atom. The minimum absolute atomic E-state index is 0.0538. The zero-order valence-electron chi connectivity index (χ0n) is 17.7. The molecule has 4 aromatic rings. The van der Waals surface area contributed by atoms with Crippen LogP contribution < -0.4 is 0 Å². The van der Waals surface area contributed by atoms with Crippen molar-refractivity contribution in [2.45, 2.75) is 31.8 Å². The first-order valence-electron chi connectivity index (χ1n) is 10.2. The smallest absolute Gasteiger partial charge is 0.335 e. The number of aliphatic imine (C=N–C) groups is 1. The number of fused-ring (bicyclic) bond motifs is 1. The molecule has 4 rings (SSSR count). The van der Waals surface area contributed by atoms with E-state index in [0.29, 0.717) is 46.4 Å². The number of rotatable bonds is 7. The summed E-state index contributed by atoms with van der Waals surface area (Å²) in [4.78, 5) is 31.5. The Morgan fingerprint density at radius 1 is 1.19 bits per heavy atom. The van der Waals surface area contributed by atoms with Gasteiger partial charge in [-0.25, -0.2) is 4.98 Å². The molecule has 166 valence electrons. The molecule has 0 amide bonds. The summed E-state index contributed by atoms with van der Waals surface area (Å²) in [6.45, 7) is 3.55. The van der Waals surface area contributed by atoms with Crippen molar-refractivity contribution in [2.75, 3.05) is 0 Å². The van der Waals surface area contributed by atoms with Crippen LogP contribution in [0.3, 0.4) is 0 Å². The fourth-order valence-corrected chi connectivity index (χ4v) is 5.33. The second-order valence-corrected chi connectivity index (χ2v) is 9.52. The van der Waals surface area contributed by atoms with E-state index in [1.807, 2.05) is 12.1 Å². The molecule has 8 nitrogen and oxygen atoms in total. The number of furan rings is 1. The lowest BCUT2D eigenvalue weighted by atomic mass is 9.92. The van der Waals surface area contributed by atoms with E-state index in [1.165, 1.54) is 6.21 Å². The van der Waals surface area contributed by atoms with Gasteiger partial charge in [0.15, 0.2) is 5.88 Å². The summed E-state index contributed by atoms with van der Waals surface area (Å²) in [5.41, 5.74) is 2.94. The summed E-state index contributed by atoms with van der Waals surface area (Å²) in [5.74, 6) is 0.612. The Morgan fingerprint density at radius 2 is 1.91 bits per heavy atom. The molecule has 0 aliphatic rings. The number of hydrogen-bond donors (Lipinski definition) is 4. The maximum Gasteiger partial charge on any atom is 0.335 e. The van der Waals surface area contributed by atoms with Gasteiger partial charge in [-0.2, -0.15) is 0 Å². The number of hydrogen-bond acceptors (Lipinski definition) is 5. The van der Waals surface area contributed by atoms with Gasteiger partial charge in [0.1, 0.15) is 11.4 Å². The van der Waals surface area contributed by atoms with Gasteiger partial charge in [-0.3, -0.25) is 9.56 Å². The Hall–Kier alpha value is -3.19. The predicted octanol–water partition coefficient (Wildman–Crippen LogP) is 5.47. The Labute approximate surface area is 184 Å². The lowest BCUT2D eigenvalue weighted by molar-refractivity contribution is 0.315. The van der Waals surface area contributed by atoms with E-state index >= 15 is 0 Å². The number of nitrogens with zero attached hydrogens (tertiary/aromatic N) is 2. The number of aromatic hydroxyl groups is 1. The molecule has 4 N–H and O–H groups in total. The van der Waals surface area contributed by atoms with Crippen molar-refractivity contribution in [3.63, 3.8) is 0 Å². The summed E-state index contributed by atoms with van der Waals surface area (Å²) in [6, 6.07) is 12.3. The van der Waals surface area contributed by atoms with Crippen molar-refractivity contribution in [3.05, 3.63) is 66.1 Å². The van der Waals surface area contributed by atoms with Crippen LogP contribution in [-0.2, 0) is 9.72 Å². The fraction of sp³-hybridized carbons (Fsp3) is 0.217. The van der Waals surface area contributed by atoms with Crippen LogP contribution >= 0.6 is 7.60 Å². The molecule has 0 unspecified atom stereocenters. The summed E-state index contributed by atoms with van der Waals surface area (Å²) >= 11 is 0. The minimum Gasteiger partial charge on any atom is -0.494 e. The van der Waals surface area contributed by atoms with Gasteiger partial charge in [0, 0.05) is 23.4 Å². The van der Waals surface area contributed by atoms with Crippen molar-refractivity contribution in [3.8, 4) is 17.2 Å². The molecule has 0 atom stereocenters. The Kier molecular flexibility index (Phi) is 5.77. The number of benzene rings is 1. The largest absolute Gasteiger partial charge is 0.494 e. The van der Waals surface area contributed by atoms with Crippen LogP contribution in [0.4, 0.5) is 5.69 Å². The molecule has 0 saturated carbocycles. The van der Waals surface area contributed by atoms with Crippen molar-refractivity contribution in [2.24, 2.45) is 4.99 Å². The Balaban J connectivity index is 1.67. The summed E-state index contributed by atoms with van der Waals surface area (Å²) in [6.07, 6.45) is 5.42. The van der Waals surface area contributed by atoms with E-state index in [-0.39, 0.29) is 5.88 Å². The number of aromatic amines is 1. The lowest BCUT2D eigenvalue weighted by Gasteiger charge is -2.32. The summed E-state index contributed by atoms with van der Waals surface area (Å²) in [7, 11) is -4.35. The van der Waals surface area contributed by atoms with Gasteiger partial charge in [0.25, 0.3) is 0 Å². The molecule has 0 bridgehead atoms. The molecule has 3 heterocycles. The third-order valence-corrected chi connectivity index (χ3v) is 7.96. The number of aromatic nitrogens is 2. The molecule has 3 aromatic heterocycles. The molecule has 0 aliphatic heterocycles. The molecule has 1 aromatic carbocycles. The highest BCUT2D eigenvalue weighted by molar-refractivity contribution is 7.53. The van der Waals surface area contributed by atoms with Crippen LogP contribution in [0.5, 0.6) is 5.88 Å². The van der Waals surface area contributed by atoms with Crippen LogP contribution in [-0.4, -0.2) is 31.1 Å². The zero-order chi connectivity index (χ0) is 22.9. The number of pyridine rings is 1. The SMILES string of the molecule is CCC(CC)(c1ccc(N=Cc2c(O)[nH]c3ncc(-c4ccco4)cc23)cc1)P(=O)(O)O. The third-order valence-electron chi connectivity index (χ3n) is 5.95. The molecule has 32 heavy (non-hydrogen) atoms. The van der Waals surface area contributed by atoms with Crippen molar-refractivity contribution in [1.29, 1.82) is 0 Å². The minimum atomic E-state index is -4.35. The van der Waals surface area contributed by atoms with Crippen LogP contribution in [0.25, 0.3) is 22.4 Å². The second kappa shape index (κ2) is 8.39. The van der Waals surface area contributed by atoms with Crippen molar-refractivity contribution in [1.82, 2.24) is 9.97 Å². The van der Waals surface area contributed by atoms with Gasteiger partial charge in [0.05, 0.1) is 22.7 Å². The van der Waals surface area contributed by atoms with E-state index in [9.17, 15) is 19.5 Å². The van der Waals surface area contributed by atoms with Gasteiger partial charge < -0.3 is 24.3 Å². The number of H-pyrrole nitrogens is 1. The Bertz CT molecular complexity index is 1300. The van der Waals surface area contributed by atoms with E-state index in [2.05, 4.69) is 15.0 Å². The van der Waals surface area contributed by atoms with Gasteiger partial charge in [-0.1, -0.05) is 26.0 Å². The van der Waals surface area contributed by atoms with Crippen LogP contribution in [0.15, 0.2) is 64.3 Å². The first-order chi connectivity index (χ1) is 15.3. The molecular weight excluding hydrogens is 429 g/mol. The number of nitrogens with one attached hydrogen (secondary N) is 1. The molecule has 0 saturated heterocycles. The van der Waals surface area contributed by atoms with E-state index < -0.39 is 12.8 Å². The molecular formula is C23H24N3O5P. The average molecular weight is 453 g/mol. The van der Waals surface area contributed by atoms with E-state index in [1.54, 1.807) is 56.6 Å². The van der Waals surface area contributed by atoms with Crippen LogP contribution in [0.2, 0.25) is 0 Å². The van der Waals surface area contributed by atoms with E-state index in [4.69, 9.17) is 4.42 Å². The van der Waals surface area contributed by atoms with Gasteiger partial charge >= 0.3 is 7.60 Å². The topological polar surface area (TPSA) is 132 Å². The third kappa shape index (κ3) is 3.77. The van der Waals surface area contributed by atoms with Gasteiger partial charge in [-0.05, 0) is 48.7 Å². The second-order valence-electron chi connectivity index (χ2n) is 7.57. The fourth-order valence-electron chi connectivity index (χ4n) is 4.02. The van der Waals surface area contributed by atoms with Gasteiger partial charge in [0.2, 0.25) is 0 Å². The maximum absolute atomic E-state index is 12.2. The summed E-state index contributed by atoms with van der Waals surface area (Å²) in [5, 5.41) is 9.82. The highest BCUT2D eigenvalue weighted by atomic mass is 31.2. The lowest BCUT2D eigenvalue weighted by Crippen LogP contribution is -2.24. The van der Waals surface area contributed by atoms with E-state index in [0.717, 1.165) is 5.56 Å². The molecule has 0 radical (unpaired) electrons. The maximum atomic E-state index is 12.2. The highest BCUT2D eigenvalue weighted by Gasteiger charge is 2.45. The molecule has 0 fully saturated rings. The monoisotopic (exact) mass is 453 g/mol. The quantitative estimate of drug-likeness (QED) is 0.217. The highest BCUT2D eigenvalue weighted by Crippen LogP contribution is 2.60. The average Bonchev–Trinajstić information content (AvgIpc) is 3.40. The molecule has 9 heteroatoms. The normalized spacial score (nSPS) is 12.8. The van der Waals surface area contributed by atoms with Crippen molar-refractivity contribution >= 4 is 30.5 Å².